The lowest BCUT2D eigenvalue weighted by Crippen LogP contribution is -2.45. The first-order valence-electron chi connectivity index (χ1n) is 5.96. The van der Waals surface area contributed by atoms with Gasteiger partial charge in [0.2, 0.25) is 0 Å². The van der Waals surface area contributed by atoms with Gasteiger partial charge in [0, 0.05) is 18.8 Å². The number of anilines is 1. The lowest BCUT2D eigenvalue weighted by atomic mass is 10.2. The summed E-state index contributed by atoms with van der Waals surface area (Å²) >= 11 is 0. The normalized spacial score (nSPS) is 14.9. The van der Waals surface area contributed by atoms with E-state index in [4.69, 9.17) is 5.11 Å². The molecule has 0 saturated carbocycles. The molecule has 1 aromatic rings. The summed E-state index contributed by atoms with van der Waals surface area (Å²) in [6.07, 6.45) is 4.97. The molecule has 1 aromatic carbocycles. The number of hydrogen-bond donors (Lipinski definition) is 3. The number of aromatic carboxylic acids is 1. The van der Waals surface area contributed by atoms with Crippen LogP contribution in [-0.2, 0) is 0 Å². The highest BCUT2D eigenvalue weighted by Gasteiger charge is 2.10. The maximum absolute atomic E-state index is 11.7. The molecule has 0 bridgehead atoms. The van der Waals surface area contributed by atoms with Crippen molar-refractivity contribution in [2.24, 2.45) is 0 Å². The van der Waals surface area contributed by atoms with E-state index in [0.29, 0.717) is 12.2 Å². The molecule has 0 spiro atoms. The maximum atomic E-state index is 11.7. The molecule has 19 heavy (non-hydrogen) atoms. The van der Waals surface area contributed by atoms with Gasteiger partial charge in [-0.05, 0) is 30.7 Å². The molecule has 100 valence electrons. The molecule has 3 N–H and O–H groups in total. The second-order valence-corrected chi connectivity index (χ2v) is 4.15. The summed E-state index contributed by atoms with van der Waals surface area (Å²) in [6, 6.07) is 5.67. The number of nitrogens with one attached hydrogen (secondary N) is 2. The van der Waals surface area contributed by atoms with Gasteiger partial charge in [0.25, 0.3) is 0 Å². The average molecular weight is 261 g/mol. The van der Waals surface area contributed by atoms with Crippen LogP contribution in [0, 0.1) is 0 Å². The second-order valence-electron chi connectivity index (χ2n) is 4.15. The summed E-state index contributed by atoms with van der Waals surface area (Å²) in [5.74, 6) is -0.990. The monoisotopic (exact) mass is 261 g/mol. The standard InChI is InChI=1S/C13H15N3O3/c17-12(18)10-4-6-11(7-5-10)14-13(19)15-16-8-2-1-3-9-16/h1-2,4-7H,3,8-9H2,(H,17,18)(H2,14,15,19). The number of carboxylic acids is 1. The van der Waals surface area contributed by atoms with Crippen LogP contribution in [0.25, 0.3) is 0 Å². The van der Waals surface area contributed by atoms with Gasteiger partial charge >= 0.3 is 12.0 Å². The number of nitrogens with zero attached hydrogens (tertiary/aromatic N) is 1. The van der Waals surface area contributed by atoms with E-state index in [1.807, 2.05) is 6.08 Å². The van der Waals surface area contributed by atoms with Crippen molar-refractivity contribution in [3.63, 3.8) is 0 Å². The topological polar surface area (TPSA) is 81.7 Å². The molecule has 1 heterocycles. The molecule has 0 fully saturated rings. The Morgan fingerprint density at radius 3 is 2.47 bits per heavy atom. The predicted molar refractivity (Wildman–Crippen MR) is 70.9 cm³/mol. The molecule has 0 saturated heterocycles. The Kier molecular flexibility index (Phi) is 4.15. The SMILES string of the molecule is O=C(Nc1ccc(C(=O)O)cc1)NN1CC=CCC1. The number of carbonyl (C=O) groups is 2. The van der Waals surface area contributed by atoms with Gasteiger partial charge in [-0.1, -0.05) is 12.2 Å². The fourth-order valence-electron chi connectivity index (χ4n) is 1.74. The van der Waals surface area contributed by atoms with Crippen LogP contribution in [0.2, 0.25) is 0 Å². The van der Waals surface area contributed by atoms with Crippen LogP contribution < -0.4 is 10.7 Å². The summed E-state index contributed by atoms with van der Waals surface area (Å²) in [4.78, 5) is 22.4. The van der Waals surface area contributed by atoms with Crippen molar-refractivity contribution in [2.75, 3.05) is 18.4 Å². The number of urea groups is 1. The quantitative estimate of drug-likeness (QED) is 0.723. The van der Waals surface area contributed by atoms with Crippen molar-refractivity contribution in [1.82, 2.24) is 10.4 Å². The Bertz CT molecular complexity index is 496. The molecule has 1 aliphatic heterocycles. The molecule has 0 aliphatic carbocycles. The zero-order valence-electron chi connectivity index (χ0n) is 10.3. The fraction of sp³-hybridized carbons (Fsp3) is 0.231. The van der Waals surface area contributed by atoms with Gasteiger partial charge in [-0.3, -0.25) is 5.43 Å². The van der Waals surface area contributed by atoms with E-state index >= 15 is 0 Å². The molecule has 0 radical (unpaired) electrons. The number of amides is 2. The Morgan fingerprint density at radius 1 is 1.16 bits per heavy atom. The number of rotatable bonds is 3. The predicted octanol–water partition coefficient (Wildman–Crippen LogP) is 1.68. The van der Waals surface area contributed by atoms with E-state index in [1.54, 1.807) is 17.1 Å². The molecule has 6 heteroatoms. The third kappa shape index (κ3) is 3.82. The van der Waals surface area contributed by atoms with Gasteiger partial charge in [0.15, 0.2) is 0 Å². The van der Waals surface area contributed by atoms with Crippen LogP contribution in [0.15, 0.2) is 36.4 Å². The van der Waals surface area contributed by atoms with Crippen molar-refractivity contribution in [1.29, 1.82) is 0 Å². The Hall–Kier alpha value is -2.34. The van der Waals surface area contributed by atoms with E-state index in [2.05, 4.69) is 16.8 Å². The van der Waals surface area contributed by atoms with Crippen LogP contribution in [-0.4, -0.2) is 35.2 Å². The second kappa shape index (κ2) is 6.01. The smallest absolute Gasteiger partial charge is 0.335 e. The van der Waals surface area contributed by atoms with Crippen LogP contribution >= 0.6 is 0 Å². The van der Waals surface area contributed by atoms with Gasteiger partial charge in [0.05, 0.1) is 5.56 Å². The molecular weight excluding hydrogens is 246 g/mol. The van der Waals surface area contributed by atoms with E-state index in [0.717, 1.165) is 13.0 Å². The number of benzene rings is 1. The summed E-state index contributed by atoms with van der Waals surface area (Å²) in [6.45, 7) is 1.47. The summed E-state index contributed by atoms with van der Waals surface area (Å²) < 4.78 is 0. The molecule has 2 amide bonds. The molecular formula is C13H15N3O3. The largest absolute Gasteiger partial charge is 0.478 e. The number of carbonyl (C=O) groups excluding carboxylic acids is 1. The highest BCUT2D eigenvalue weighted by atomic mass is 16.4. The molecule has 2 rings (SSSR count). The van der Waals surface area contributed by atoms with Gasteiger partial charge < -0.3 is 10.4 Å². The minimum atomic E-state index is -0.990. The van der Waals surface area contributed by atoms with Gasteiger partial charge in [-0.15, -0.1) is 0 Å². The van der Waals surface area contributed by atoms with Crippen LogP contribution in [0.3, 0.4) is 0 Å². The van der Waals surface area contributed by atoms with Gasteiger partial charge in [-0.2, -0.15) is 0 Å². The summed E-state index contributed by atoms with van der Waals surface area (Å²) in [5, 5.41) is 13.2. The van der Waals surface area contributed by atoms with E-state index in [9.17, 15) is 9.59 Å². The number of carboxylic acid groups (broad SMARTS) is 1. The van der Waals surface area contributed by atoms with E-state index in [-0.39, 0.29) is 11.6 Å². The zero-order chi connectivity index (χ0) is 13.7. The van der Waals surface area contributed by atoms with Crippen LogP contribution in [0.5, 0.6) is 0 Å². The highest BCUT2D eigenvalue weighted by molar-refractivity contribution is 5.91. The average Bonchev–Trinajstić information content (AvgIpc) is 2.40. The van der Waals surface area contributed by atoms with Crippen molar-refractivity contribution in [2.45, 2.75) is 6.42 Å². The van der Waals surface area contributed by atoms with E-state index < -0.39 is 5.97 Å². The molecule has 0 unspecified atom stereocenters. The third-order valence-electron chi connectivity index (χ3n) is 2.71. The van der Waals surface area contributed by atoms with Crippen LogP contribution in [0.4, 0.5) is 10.5 Å². The molecule has 1 aliphatic rings. The van der Waals surface area contributed by atoms with Crippen molar-refractivity contribution in [3.8, 4) is 0 Å². The fourth-order valence-corrected chi connectivity index (χ4v) is 1.74. The summed E-state index contributed by atoms with van der Waals surface area (Å²) in [5.41, 5.74) is 3.46. The van der Waals surface area contributed by atoms with E-state index in [1.165, 1.54) is 12.1 Å². The summed E-state index contributed by atoms with van der Waals surface area (Å²) in [7, 11) is 0. The molecule has 0 atom stereocenters. The first kappa shape index (κ1) is 13.1. The lowest BCUT2D eigenvalue weighted by Gasteiger charge is -2.23. The van der Waals surface area contributed by atoms with Gasteiger partial charge in [0.1, 0.15) is 0 Å². The first-order valence-corrected chi connectivity index (χ1v) is 5.96. The number of hydrazine groups is 1. The minimum absolute atomic E-state index is 0.187. The first-order chi connectivity index (χ1) is 9.15. The minimum Gasteiger partial charge on any atom is -0.478 e. The molecule has 0 aromatic heterocycles. The van der Waals surface area contributed by atoms with Gasteiger partial charge in [-0.25, -0.2) is 14.6 Å². The molecule has 6 nitrogen and oxygen atoms in total. The maximum Gasteiger partial charge on any atom is 0.335 e. The lowest BCUT2D eigenvalue weighted by molar-refractivity contribution is 0.0697. The Balaban J connectivity index is 1.87. The van der Waals surface area contributed by atoms with Crippen LogP contribution in [0.1, 0.15) is 16.8 Å². The third-order valence-corrected chi connectivity index (χ3v) is 2.71. The Morgan fingerprint density at radius 2 is 1.89 bits per heavy atom. The van der Waals surface area contributed by atoms with Crippen molar-refractivity contribution in [3.05, 3.63) is 42.0 Å². The Labute approximate surface area is 110 Å². The zero-order valence-corrected chi connectivity index (χ0v) is 10.3. The number of hydrogen-bond acceptors (Lipinski definition) is 3. The highest BCUT2D eigenvalue weighted by Crippen LogP contribution is 2.09. The van der Waals surface area contributed by atoms with Crippen molar-refractivity contribution < 1.29 is 14.7 Å². The van der Waals surface area contributed by atoms with Crippen molar-refractivity contribution >= 4 is 17.7 Å².